The zero-order valence-corrected chi connectivity index (χ0v) is 10.4. The van der Waals surface area contributed by atoms with Gasteiger partial charge in [0.15, 0.2) is 0 Å². The second-order valence-electron chi connectivity index (χ2n) is 3.89. The summed E-state index contributed by atoms with van der Waals surface area (Å²) in [7, 11) is 1.24. The molecule has 0 unspecified atom stereocenters. The molecule has 0 saturated heterocycles. The summed E-state index contributed by atoms with van der Waals surface area (Å²) in [5.74, 6) is -1.02. The highest BCUT2D eigenvalue weighted by Gasteiger charge is 2.19. The number of benzene rings is 1. The third kappa shape index (κ3) is 2.52. The molecule has 5 nitrogen and oxygen atoms in total. The molecule has 2 aromatic rings. The molecule has 19 heavy (non-hydrogen) atoms. The van der Waals surface area contributed by atoms with Gasteiger partial charge < -0.3 is 9.72 Å². The Morgan fingerprint density at radius 1 is 1.32 bits per heavy atom. The number of aryl methyl sites for hydroxylation is 1. The Kier molecular flexibility index (Phi) is 3.41. The van der Waals surface area contributed by atoms with Gasteiger partial charge in [0, 0.05) is 11.3 Å². The maximum Gasteiger partial charge on any atom is 0.345 e. The Hall–Kier alpha value is -2.50. The fourth-order valence-electron chi connectivity index (χ4n) is 1.75. The van der Waals surface area contributed by atoms with Gasteiger partial charge in [-0.3, -0.25) is 0 Å². The summed E-state index contributed by atoms with van der Waals surface area (Å²) in [6, 6.07) is 5.36. The van der Waals surface area contributed by atoms with Gasteiger partial charge in [0.1, 0.15) is 11.4 Å². The number of aromatic amines is 1. The zero-order valence-electron chi connectivity index (χ0n) is 10.4. The van der Waals surface area contributed by atoms with Crippen LogP contribution in [0, 0.1) is 12.7 Å². The molecule has 0 aliphatic rings. The van der Waals surface area contributed by atoms with Crippen molar-refractivity contribution < 1.29 is 13.9 Å². The Balaban J connectivity index is 2.70. The van der Waals surface area contributed by atoms with E-state index < -0.39 is 17.5 Å². The van der Waals surface area contributed by atoms with E-state index in [-0.39, 0.29) is 11.3 Å². The van der Waals surface area contributed by atoms with Gasteiger partial charge in [-0.25, -0.2) is 14.0 Å². The fraction of sp³-hybridized carbons (Fsp3) is 0.154. The smallest absolute Gasteiger partial charge is 0.345 e. The first-order valence-electron chi connectivity index (χ1n) is 5.48. The van der Waals surface area contributed by atoms with Crippen LogP contribution in [0.3, 0.4) is 0 Å². The second-order valence-corrected chi connectivity index (χ2v) is 3.89. The van der Waals surface area contributed by atoms with Crippen molar-refractivity contribution in [2.45, 2.75) is 6.92 Å². The van der Waals surface area contributed by atoms with Crippen molar-refractivity contribution in [2.75, 3.05) is 7.11 Å². The van der Waals surface area contributed by atoms with Crippen molar-refractivity contribution in [3.63, 3.8) is 0 Å². The summed E-state index contributed by atoms with van der Waals surface area (Å²) in [4.78, 5) is 29.4. The molecule has 0 bridgehead atoms. The van der Waals surface area contributed by atoms with E-state index in [1.54, 1.807) is 6.92 Å². The van der Waals surface area contributed by atoms with Crippen molar-refractivity contribution in [2.24, 2.45) is 0 Å². The topological polar surface area (TPSA) is 72.0 Å². The zero-order chi connectivity index (χ0) is 14.0. The van der Waals surface area contributed by atoms with Crippen LogP contribution in [-0.2, 0) is 4.74 Å². The number of nitrogens with zero attached hydrogens (tertiary/aromatic N) is 1. The minimum atomic E-state index is -0.611. The summed E-state index contributed by atoms with van der Waals surface area (Å²) in [5, 5.41) is 0. The van der Waals surface area contributed by atoms with Crippen LogP contribution in [0.15, 0.2) is 29.1 Å². The number of H-pyrrole nitrogens is 1. The predicted molar refractivity (Wildman–Crippen MR) is 66.3 cm³/mol. The molecule has 6 heteroatoms. The summed E-state index contributed by atoms with van der Waals surface area (Å²) >= 11 is 0. The lowest BCUT2D eigenvalue weighted by Crippen LogP contribution is -2.19. The number of methoxy groups -OCH3 is 1. The van der Waals surface area contributed by atoms with Gasteiger partial charge in [-0.1, -0.05) is 0 Å². The van der Waals surface area contributed by atoms with E-state index in [0.29, 0.717) is 11.3 Å². The molecule has 0 spiro atoms. The van der Waals surface area contributed by atoms with Crippen LogP contribution in [0.2, 0.25) is 0 Å². The molecule has 1 heterocycles. The van der Waals surface area contributed by atoms with Crippen LogP contribution in [0.5, 0.6) is 0 Å². The van der Waals surface area contributed by atoms with E-state index >= 15 is 0 Å². The van der Waals surface area contributed by atoms with Gasteiger partial charge in [0.05, 0.1) is 12.8 Å². The molecule has 0 fully saturated rings. The number of hydrogen-bond acceptors (Lipinski definition) is 4. The van der Waals surface area contributed by atoms with Crippen LogP contribution in [0.1, 0.15) is 16.1 Å². The molecule has 0 aliphatic heterocycles. The van der Waals surface area contributed by atoms with E-state index in [1.807, 2.05) is 0 Å². The minimum absolute atomic E-state index is 0.161. The van der Waals surface area contributed by atoms with Crippen LogP contribution >= 0.6 is 0 Å². The van der Waals surface area contributed by atoms with Crippen LogP contribution in [0.4, 0.5) is 4.39 Å². The van der Waals surface area contributed by atoms with E-state index in [1.165, 1.54) is 31.4 Å². The molecular weight excluding hydrogens is 251 g/mol. The molecule has 1 aromatic heterocycles. The van der Waals surface area contributed by atoms with Gasteiger partial charge in [0.25, 0.3) is 0 Å². The number of carbonyl (C=O) groups is 1. The third-order valence-corrected chi connectivity index (χ3v) is 2.63. The molecule has 98 valence electrons. The summed E-state index contributed by atoms with van der Waals surface area (Å²) < 4.78 is 17.6. The molecule has 0 amide bonds. The van der Waals surface area contributed by atoms with E-state index in [9.17, 15) is 14.0 Å². The van der Waals surface area contributed by atoms with Gasteiger partial charge in [-0.05, 0) is 31.2 Å². The lowest BCUT2D eigenvalue weighted by Gasteiger charge is -2.09. The van der Waals surface area contributed by atoms with E-state index in [0.717, 1.165) is 0 Å². The number of ether oxygens (including phenoxy) is 1. The number of esters is 1. The normalized spacial score (nSPS) is 10.3. The van der Waals surface area contributed by atoms with Crippen molar-refractivity contribution in [1.29, 1.82) is 0 Å². The number of carbonyl (C=O) groups excluding carboxylic acids is 1. The van der Waals surface area contributed by atoms with Gasteiger partial charge in [-0.15, -0.1) is 0 Å². The quantitative estimate of drug-likeness (QED) is 0.836. The average Bonchev–Trinajstić information content (AvgIpc) is 2.38. The highest BCUT2D eigenvalue weighted by molar-refractivity contribution is 5.97. The molecular formula is C13H11FN2O3. The van der Waals surface area contributed by atoms with Gasteiger partial charge in [-0.2, -0.15) is 4.98 Å². The van der Waals surface area contributed by atoms with Crippen molar-refractivity contribution in [3.8, 4) is 11.3 Å². The second kappa shape index (κ2) is 5.01. The van der Waals surface area contributed by atoms with Crippen molar-refractivity contribution in [3.05, 3.63) is 51.8 Å². The molecule has 1 aromatic carbocycles. The fourth-order valence-corrected chi connectivity index (χ4v) is 1.75. The molecule has 0 aliphatic carbocycles. The SMILES string of the molecule is COC(=O)c1c(-c2ccc(F)cc2)nc(=O)[nH]c1C. The number of halogens is 1. The molecule has 0 radical (unpaired) electrons. The van der Waals surface area contributed by atoms with Crippen LogP contribution in [-0.4, -0.2) is 23.0 Å². The third-order valence-electron chi connectivity index (χ3n) is 2.63. The van der Waals surface area contributed by atoms with Crippen LogP contribution < -0.4 is 5.69 Å². The minimum Gasteiger partial charge on any atom is -0.465 e. The lowest BCUT2D eigenvalue weighted by atomic mass is 10.0. The Bertz CT molecular complexity index is 677. The first-order valence-corrected chi connectivity index (χ1v) is 5.48. The summed E-state index contributed by atoms with van der Waals surface area (Å²) in [5.41, 5.74) is 0.577. The molecule has 1 N–H and O–H groups in total. The maximum atomic E-state index is 12.9. The van der Waals surface area contributed by atoms with E-state index in [4.69, 9.17) is 0 Å². The highest BCUT2D eigenvalue weighted by atomic mass is 19.1. The average molecular weight is 262 g/mol. The standard InChI is InChI=1S/C13H11FN2O3/c1-7-10(12(17)19-2)11(16-13(18)15-7)8-3-5-9(14)6-4-8/h3-6H,1-2H3,(H,15,16,18). The monoisotopic (exact) mass is 262 g/mol. The van der Waals surface area contributed by atoms with Gasteiger partial charge in [0.2, 0.25) is 0 Å². The molecule has 0 saturated carbocycles. The number of hydrogen-bond donors (Lipinski definition) is 1. The van der Waals surface area contributed by atoms with E-state index in [2.05, 4.69) is 14.7 Å². The summed E-state index contributed by atoms with van der Waals surface area (Å²) in [6.45, 7) is 1.57. The predicted octanol–water partition coefficient (Wildman–Crippen LogP) is 1.67. The van der Waals surface area contributed by atoms with Crippen molar-refractivity contribution >= 4 is 5.97 Å². The lowest BCUT2D eigenvalue weighted by molar-refractivity contribution is 0.0599. The first-order chi connectivity index (χ1) is 9.02. The first kappa shape index (κ1) is 12.9. The molecule has 2 rings (SSSR count). The maximum absolute atomic E-state index is 12.9. The number of nitrogens with one attached hydrogen (secondary N) is 1. The summed E-state index contributed by atoms with van der Waals surface area (Å²) in [6.07, 6.45) is 0. The highest BCUT2D eigenvalue weighted by Crippen LogP contribution is 2.22. The number of aromatic nitrogens is 2. The van der Waals surface area contributed by atoms with Crippen molar-refractivity contribution in [1.82, 2.24) is 9.97 Å². The largest absolute Gasteiger partial charge is 0.465 e. The Labute approximate surface area is 108 Å². The Morgan fingerprint density at radius 3 is 2.53 bits per heavy atom. The number of rotatable bonds is 2. The van der Waals surface area contributed by atoms with Crippen LogP contribution in [0.25, 0.3) is 11.3 Å². The van der Waals surface area contributed by atoms with Gasteiger partial charge >= 0.3 is 11.7 Å². The molecule has 0 atom stereocenters. The Morgan fingerprint density at radius 2 is 1.95 bits per heavy atom.